The lowest BCUT2D eigenvalue weighted by atomic mass is 10.0. The maximum atomic E-state index is 13.8. The van der Waals surface area contributed by atoms with Crippen LogP contribution in [0, 0.1) is 18.2 Å². The van der Waals surface area contributed by atoms with Gasteiger partial charge in [-0.2, -0.15) is 0 Å². The summed E-state index contributed by atoms with van der Waals surface area (Å²) in [6, 6.07) is 12.8. The van der Waals surface area contributed by atoms with Gasteiger partial charge in [-0.3, -0.25) is 4.79 Å². The highest BCUT2D eigenvalue weighted by molar-refractivity contribution is 5.94. The maximum absolute atomic E-state index is 13.8. The van der Waals surface area contributed by atoms with E-state index in [0.717, 1.165) is 17.7 Å². The van der Waals surface area contributed by atoms with Gasteiger partial charge in [0, 0.05) is 18.2 Å². The van der Waals surface area contributed by atoms with Crippen molar-refractivity contribution >= 4 is 28.8 Å². The Labute approximate surface area is 223 Å². The third-order valence-corrected chi connectivity index (χ3v) is 6.71. The van der Waals surface area contributed by atoms with Crippen molar-refractivity contribution in [1.82, 2.24) is 15.2 Å². The Morgan fingerprint density at radius 2 is 1.87 bits per heavy atom. The molecule has 1 unspecified atom stereocenters. The number of ether oxygens (including phenoxy) is 1. The number of hydrogen-bond acceptors (Lipinski definition) is 5. The Morgan fingerprint density at radius 1 is 1.13 bits per heavy atom. The van der Waals surface area contributed by atoms with Crippen molar-refractivity contribution in [3.8, 4) is 11.5 Å². The molecule has 1 aromatic heterocycles. The van der Waals surface area contributed by atoms with E-state index in [2.05, 4.69) is 15.1 Å². The molecular weight excluding hydrogens is 506 g/mol. The number of nitrogens with one attached hydrogen (secondary N) is 1. The lowest BCUT2D eigenvalue weighted by Gasteiger charge is -2.22. The quantitative estimate of drug-likeness (QED) is 0.293. The lowest BCUT2D eigenvalue weighted by molar-refractivity contribution is 0.0902. The Hall–Kier alpha value is -4.78. The van der Waals surface area contributed by atoms with Crippen LogP contribution < -0.4 is 5.32 Å². The molecule has 0 spiro atoms. The minimum atomic E-state index is -1.03. The van der Waals surface area contributed by atoms with E-state index in [0.29, 0.717) is 39.4 Å². The summed E-state index contributed by atoms with van der Waals surface area (Å²) in [6.07, 6.45) is -1.43. The van der Waals surface area contributed by atoms with Crippen LogP contribution in [0.4, 0.5) is 19.3 Å². The first-order valence-electron chi connectivity index (χ1n) is 12.2. The van der Waals surface area contributed by atoms with Crippen LogP contribution in [0.5, 0.6) is 0 Å². The van der Waals surface area contributed by atoms with Crippen LogP contribution in [0.2, 0.25) is 0 Å². The van der Waals surface area contributed by atoms with Crippen molar-refractivity contribution in [2.24, 2.45) is 0 Å². The fraction of sp³-hybridized carbons (Fsp3) is 0.241. The van der Waals surface area contributed by atoms with Crippen LogP contribution in [-0.2, 0) is 4.74 Å². The number of nitrogens with zero attached hydrogens (tertiary/aromatic N) is 3. The number of oxazole rings is 1. The summed E-state index contributed by atoms with van der Waals surface area (Å²) < 4.78 is 38.6. The smallest absolute Gasteiger partial charge is 0.410 e. The molecule has 0 bridgehead atoms. The van der Waals surface area contributed by atoms with Crippen molar-refractivity contribution in [1.29, 1.82) is 0 Å². The van der Waals surface area contributed by atoms with Crippen molar-refractivity contribution < 1.29 is 27.5 Å². The van der Waals surface area contributed by atoms with E-state index >= 15 is 0 Å². The van der Waals surface area contributed by atoms with Gasteiger partial charge in [-0.1, -0.05) is 19.9 Å². The topological polar surface area (TPSA) is 89.0 Å². The predicted molar refractivity (Wildman–Crippen MR) is 139 cm³/mol. The van der Waals surface area contributed by atoms with Gasteiger partial charge in [0.05, 0.1) is 24.7 Å². The van der Waals surface area contributed by atoms with E-state index in [1.807, 2.05) is 13.8 Å². The molecule has 2 amide bonds. The molecule has 1 N–H and O–H groups in total. The van der Waals surface area contributed by atoms with Crippen molar-refractivity contribution in [2.75, 3.05) is 13.6 Å². The number of cyclic esters (lactones) is 1. The molecular formula is C29H24F2N4O4. The predicted octanol–water partition coefficient (Wildman–Crippen LogP) is 6.37. The van der Waals surface area contributed by atoms with E-state index in [1.54, 1.807) is 36.4 Å². The number of amides is 2. The molecule has 10 heteroatoms. The molecule has 1 aliphatic rings. The van der Waals surface area contributed by atoms with Gasteiger partial charge in [-0.25, -0.2) is 23.4 Å². The van der Waals surface area contributed by atoms with Crippen LogP contribution in [-0.4, -0.2) is 41.6 Å². The molecule has 198 valence electrons. The Bertz CT molecular complexity index is 1630. The van der Waals surface area contributed by atoms with E-state index in [-0.39, 0.29) is 12.5 Å². The van der Waals surface area contributed by atoms with Gasteiger partial charge in [-0.05, 0) is 65.6 Å². The molecule has 0 saturated carbocycles. The van der Waals surface area contributed by atoms with Crippen molar-refractivity contribution in [2.45, 2.75) is 31.9 Å². The minimum absolute atomic E-state index is 0.0349. The first-order valence-corrected chi connectivity index (χ1v) is 12.2. The van der Waals surface area contributed by atoms with Gasteiger partial charge >= 0.3 is 6.09 Å². The van der Waals surface area contributed by atoms with Gasteiger partial charge < -0.3 is 19.4 Å². The highest BCUT2D eigenvalue weighted by Crippen LogP contribution is 2.34. The highest BCUT2D eigenvalue weighted by Gasteiger charge is 2.40. The number of rotatable bonds is 6. The van der Waals surface area contributed by atoms with Crippen LogP contribution in [0.15, 0.2) is 59.0 Å². The van der Waals surface area contributed by atoms with Crippen LogP contribution >= 0.6 is 0 Å². The minimum Gasteiger partial charge on any atom is -0.442 e. The van der Waals surface area contributed by atoms with Gasteiger partial charge in [0.25, 0.3) is 5.91 Å². The summed E-state index contributed by atoms with van der Waals surface area (Å²) in [4.78, 5) is 34.4. The summed E-state index contributed by atoms with van der Waals surface area (Å²) in [5.41, 5.74) is 3.98. The average molecular weight is 531 g/mol. The van der Waals surface area contributed by atoms with Crippen LogP contribution in [0.25, 0.3) is 27.4 Å². The summed E-state index contributed by atoms with van der Waals surface area (Å²) >= 11 is 0. The zero-order chi connectivity index (χ0) is 27.8. The number of benzene rings is 3. The molecule has 39 heavy (non-hydrogen) atoms. The monoisotopic (exact) mass is 530 g/mol. The number of likely N-dealkylation sites (N-methyl/N-ethyl adjacent to an activating group) is 1. The summed E-state index contributed by atoms with van der Waals surface area (Å²) in [5, 5.41) is 2.74. The van der Waals surface area contributed by atoms with E-state index in [1.165, 1.54) is 18.0 Å². The SMILES string of the molecule is [C-]#[N+]c1cc(C(C)C)c2oc(-c3ccc(C(=O)NC[C@H]4OC(=O)N(C)C4c4ccc(F)c(F)c4)cc3)nc2c1. The summed E-state index contributed by atoms with van der Waals surface area (Å²) in [5.74, 6) is -1.92. The molecule has 3 aromatic carbocycles. The summed E-state index contributed by atoms with van der Waals surface area (Å²) in [7, 11) is 1.49. The number of hydrogen-bond donors (Lipinski definition) is 1. The number of fused-ring (bicyclic) bond motifs is 1. The lowest BCUT2D eigenvalue weighted by Crippen LogP contribution is -2.36. The number of aromatic nitrogens is 1. The molecule has 2 heterocycles. The highest BCUT2D eigenvalue weighted by atomic mass is 19.2. The third-order valence-electron chi connectivity index (χ3n) is 6.71. The molecule has 0 aliphatic carbocycles. The first kappa shape index (κ1) is 25.9. The van der Waals surface area contributed by atoms with Gasteiger partial charge in [0.2, 0.25) is 5.89 Å². The van der Waals surface area contributed by atoms with E-state index in [4.69, 9.17) is 15.7 Å². The van der Waals surface area contributed by atoms with Gasteiger partial charge in [0.15, 0.2) is 22.9 Å². The second kappa shape index (κ2) is 10.2. The fourth-order valence-electron chi connectivity index (χ4n) is 4.65. The van der Waals surface area contributed by atoms with E-state index in [9.17, 15) is 18.4 Å². The Kier molecular flexibility index (Phi) is 6.74. The molecule has 4 aromatic rings. The van der Waals surface area contributed by atoms with Gasteiger partial charge in [0.1, 0.15) is 6.10 Å². The molecule has 5 rings (SSSR count). The zero-order valence-corrected chi connectivity index (χ0v) is 21.4. The second-order valence-electron chi connectivity index (χ2n) is 9.61. The molecule has 1 saturated heterocycles. The maximum Gasteiger partial charge on any atom is 0.410 e. The normalized spacial score (nSPS) is 16.9. The number of carbonyl (C=O) groups is 2. The molecule has 1 fully saturated rings. The standard InChI is InChI=1S/C29H24F2N4O4/c1-15(2)20-12-19(32-3)13-23-26(20)39-28(34-23)17-7-5-16(6-8-17)27(36)33-14-24-25(35(4)29(37)38-24)18-9-10-21(30)22(31)11-18/h5-13,15,24-25H,14H2,1-2,4H3,(H,33,36)/t24-,25?/m1/s1. The van der Waals surface area contributed by atoms with Crippen molar-refractivity contribution in [3.63, 3.8) is 0 Å². The molecule has 0 radical (unpaired) electrons. The molecule has 8 nitrogen and oxygen atoms in total. The van der Waals surface area contributed by atoms with Crippen LogP contribution in [0.3, 0.4) is 0 Å². The zero-order valence-electron chi connectivity index (χ0n) is 21.4. The summed E-state index contributed by atoms with van der Waals surface area (Å²) in [6.45, 7) is 11.3. The fourth-order valence-corrected chi connectivity index (χ4v) is 4.65. The first-order chi connectivity index (χ1) is 18.7. The average Bonchev–Trinajstić information content (AvgIpc) is 3.48. The Morgan fingerprint density at radius 3 is 2.54 bits per heavy atom. The second-order valence-corrected chi connectivity index (χ2v) is 9.61. The number of carbonyl (C=O) groups excluding carboxylic acids is 2. The number of halogens is 2. The largest absolute Gasteiger partial charge is 0.442 e. The van der Waals surface area contributed by atoms with Crippen LogP contribution in [0.1, 0.15) is 47.3 Å². The molecule has 1 aliphatic heterocycles. The van der Waals surface area contributed by atoms with E-state index < -0.39 is 35.8 Å². The van der Waals surface area contributed by atoms with Crippen molar-refractivity contribution in [3.05, 3.63) is 94.3 Å². The third kappa shape index (κ3) is 4.91. The van der Waals surface area contributed by atoms with Gasteiger partial charge in [-0.15, -0.1) is 0 Å². The molecule has 2 atom stereocenters. The Balaban J connectivity index is 1.31.